The number of nitrogens with two attached hydrogens (primary N) is 1. The third-order valence-corrected chi connectivity index (χ3v) is 5.00. The zero-order valence-electron chi connectivity index (χ0n) is 13.3. The van der Waals surface area contributed by atoms with Gasteiger partial charge in [-0.05, 0) is 19.4 Å². The van der Waals surface area contributed by atoms with Crippen molar-refractivity contribution >= 4 is 18.9 Å². The van der Waals surface area contributed by atoms with Crippen LogP contribution in [0.3, 0.4) is 0 Å². The summed E-state index contributed by atoms with van der Waals surface area (Å²) in [5.74, 6) is 0.537. The van der Waals surface area contributed by atoms with Gasteiger partial charge in [-0.1, -0.05) is 30.3 Å². The van der Waals surface area contributed by atoms with Crippen LogP contribution in [0, 0.1) is 0 Å². The van der Waals surface area contributed by atoms with Crippen LogP contribution in [0.5, 0.6) is 0 Å². The predicted molar refractivity (Wildman–Crippen MR) is 88.7 cm³/mol. The zero-order chi connectivity index (χ0) is 16.7. The normalized spacial score (nSPS) is 11.6. The largest absolute Gasteiger partial charge is 0.423 e. The Hall–Kier alpha value is -1.66. The van der Waals surface area contributed by atoms with Gasteiger partial charge in [0, 0.05) is 6.54 Å². The maximum atomic E-state index is 12.9. The lowest BCUT2D eigenvalue weighted by molar-refractivity contribution is 0.229. The molecule has 1 aromatic carbocycles. The van der Waals surface area contributed by atoms with Gasteiger partial charge in [0.25, 0.3) is 0 Å². The molecule has 0 aliphatic heterocycles. The molecule has 0 spiro atoms. The van der Waals surface area contributed by atoms with Crippen LogP contribution in [0.1, 0.15) is 25.3 Å². The number of aromatic nitrogens is 1. The molecule has 1 aromatic heterocycles. The van der Waals surface area contributed by atoms with Gasteiger partial charge < -0.3 is 24.5 Å². The van der Waals surface area contributed by atoms with E-state index in [1.54, 1.807) is 13.8 Å². The van der Waals surface area contributed by atoms with Crippen molar-refractivity contribution in [2.45, 2.75) is 26.9 Å². The van der Waals surface area contributed by atoms with Crippen LogP contribution in [-0.4, -0.2) is 18.2 Å². The summed E-state index contributed by atoms with van der Waals surface area (Å²) >= 11 is 0. The fraction of sp³-hybridized carbons (Fsp3) is 0.400. The van der Waals surface area contributed by atoms with Crippen molar-refractivity contribution in [3.8, 4) is 0 Å². The van der Waals surface area contributed by atoms with Gasteiger partial charge in [-0.15, -0.1) is 0 Å². The average molecular weight is 339 g/mol. The summed E-state index contributed by atoms with van der Waals surface area (Å²) in [5.41, 5.74) is 6.76. The van der Waals surface area contributed by atoms with Crippen LogP contribution in [0.25, 0.3) is 0 Å². The molecule has 0 fully saturated rings. The fourth-order valence-corrected chi connectivity index (χ4v) is 3.63. The van der Waals surface area contributed by atoms with E-state index in [0.29, 0.717) is 6.54 Å². The second-order valence-corrected chi connectivity index (χ2v) is 6.57. The Labute approximate surface area is 135 Å². The molecule has 2 rings (SSSR count). The minimum atomic E-state index is -3.55. The molecule has 0 aliphatic rings. The average Bonchev–Trinajstić information content (AvgIpc) is 2.98. The van der Waals surface area contributed by atoms with Crippen molar-refractivity contribution in [1.82, 2.24) is 4.98 Å². The topological polar surface area (TPSA) is 99.6 Å². The van der Waals surface area contributed by atoms with Gasteiger partial charge in [0.2, 0.25) is 17.2 Å². The zero-order valence-corrected chi connectivity index (χ0v) is 14.2. The van der Waals surface area contributed by atoms with Gasteiger partial charge in [0.15, 0.2) is 0 Å². The van der Waals surface area contributed by atoms with E-state index in [-0.39, 0.29) is 37.0 Å². The van der Waals surface area contributed by atoms with Crippen molar-refractivity contribution in [1.29, 1.82) is 0 Å². The number of anilines is 1. The van der Waals surface area contributed by atoms with E-state index in [2.05, 4.69) is 10.3 Å². The van der Waals surface area contributed by atoms with E-state index in [1.807, 2.05) is 30.3 Å². The Kier molecular flexibility index (Phi) is 6.36. The van der Waals surface area contributed by atoms with Crippen LogP contribution in [0.4, 0.5) is 5.88 Å². The number of nitrogens with one attached hydrogen (secondary N) is 1. The highest BCUT2D eigenvalue weighted by molar-refractivity contribution is 7.62. The standard InChI is InChI=1S/C15H22N3O4P/c1-3-20-23(19,21-4-2)15-14(22-13(10-16)18-15)17-11-12-8-6-5-7-9-12/h5-9,17H,3-4,10-11,16H2,1-2H3. The molecular formula is C15H22N3O4P. The van der Waals surface area contributed by atoms with E-state index in [0.717, 1.165) is 5.56 Å². The summed E-state index contributed by atoms with van der Waals surface area (Å²) in [6, 6.07) is 9.76. The molecule has 0 radical (unpaired) electrons. The monoisotopic (exact) mass is 339 g/mol. The van der Waals surface area contributed by atoms with E-state index in [1.165, 1.54) is 0 Å². The summed E-state index contributed by atoms with van der Waals surface area (Å²) in [5, 5.41) is 3.09. The van der Waals surface area contributed by atoms with Crippen LogP contribution >= 0.6 is 7.60 Å². The number of nitrogens with zero attached hydrogens (tertiary/aromatic N) is 1. The second kappa shape index (κ2) is 8.26. The molecule has 23 heavy (non-hydrogen) atoms. The Morgan fingerprint density at radius 3 is 2.43 bits per heavy atom. The lowest BCUT2D eigenvalue weighted by Crippen LogP contribution is -2.17. The molecule has 1 heterocycles. The number of benzene rings is 1. The van der Waals surface area contributed by atoms with Crippen molar-refractivity contribution in [2.75, 3.05) is 18.5 Å². The van der Waals surface area contributed by atoms with Crippen LogP contribution in [0.2, 0.25) is 0 Å². The van der Waals surface area contributed by atoms with Gasteiger partial charge >= 0.3 is 7.60 Å². The minimum absolute atomic E-state index is 0.0955. The number of oxazole rings is 1. The number of rotatable bonds is 9. The first-order valence-electron chi connectivity index (χ1n) is 7.50. The van der Waals surface area contributed by atoms with E-state index >= 15 is 0 Å². The van der Waals surface area contributed by atoms with E-state index < -0.39 is 7.60 Å². The summed E-state index contributed by atoms with van der Waals surface area (Å²) < 4.78 is 29.1. The van der Waals surface area contributed by atoms with Crippen molar-refractivity contribution < 1.29 is 18.0 Å². The van der Waals surface area contributed by atoms with Crippen molar-refractivity contribution in [2.24, 2.45) is 5.73 Å². The van der Waals surface area contributed by atoms with Crippen LogP contribution in [0.15, 0.2) is 34.7 Å². The Morgan fingerprint density at radius 1 is 1.22 bits per heavy atom. The lowest BCUT2D eigenvalue weighted by atomic mass is 10.2. The van der Waals surface area contributed by atoms with Gasteiger partial charge in [0.1, 0.15) is 0 Å². The second-order valence-electron chi connectivity index (χ2n) is 4.64. The van der Waals surface area contributed by atoms with Crippen LogP contribution < -0.4 is 16.5 Å². The first kappa shape index (κ1) is 17.7. The summed E-state index contributed by atoms with van der Waals surface area (Å²) in [6.45, 7) is 4.54. The van der Waals surface area contributed by atoms with Gasteiger partial charge in [-0.25, -0.2) is 4.98 Å². The highest BCUT2D eigenvalue weighted by Crippen LogP contribution is 2.48. The van der Waals surface area contributed by atoms with E-state index in [4.69, 9.17) is 19.2 Å². The molecule has 0 bridgehead atoms. The quantitative estimate of drug-likeness (QED) is 0.677. The molecule has 0 saturated heterocycles. The third kappa shape index (κ3) is 4.42. The molecule has 8 heteroatoms. The van der Waals surface area contributed by atoms with Crippen LogP contribution in [-0.2, 0) is 26.7 Å². The highest BCUT2D eigenvalue weighted by Gasteiger charge is 2.35. The first-order chi connectivity index (χ1) is 11.1. The molecule has 2 aromatic rings. The fourth-order valence-electron chi connectivity index (χ4n) is 2.02. The molecule has 0 amide bonds. The SMILES string of the molecule is CCOP(=O)(OCC)c1nc(CN)oc1NCc1ccccc1. The smallest absolute Gasteiger partial charge is 0.385 e. The number of hydrogen-bond acceptors (Lipinski definition) is 7. The molecule has 0 aliphatic carbocycles. The Balaban J connectivity index is 2.28. The number of hydrogen-bond donors (Lipinski definition) is 2. The molecule has 0 atom stereocenters. The third-order valence-electron chi connectivity index (χ3n) is 2.98. The van der Waals surface area contributed by atoms with Crippen molar-refractivity contribution in [3.63, 3.8) is 0 Å². The van der Waals surface area contributed by atoms with E-state index in [9.17, 15) is 4.57 Å². The summed E-state index contributed by atoms with van der Waals surface area (Å²) in [7, 11) is -3.55. The first-order valence-corrected chi connectivity index (χ1v) is 9.04. The Bertz CT molecular complexity index is 650. The van der Waals surface area contributed by atoms with Crippen molar-refractivity contribution in [3.05, 3.63) is 41.8 Å². The van der Waals surface area contributed by atoms with Gasteiger partial charge in [-0.2, -0.15) is 0 Å². The highest BCUT2D eigenvalue weighted by atomic mass is 31.2. The van der Waals surface area contributed by atoms with Gasteiger partial charge in [-0.3, -0.25) is 4.57 Å². The molecule has 0 saturated carbocycles. The molecule has 0 unspecified atom stereocenters. The maximum absolute atomic E-state index is 12.9. The van der Waals surface area contributed by atoms with Gasteiger partial charge in [0.05, 0.1) is 19.8 Å². The Morgan fingerprint density at radius 2 is 1.87 bits per heavy atom. The minimum Gasteiger partial charge on any atom is -0.423 e. The maximum Gasteiger partial charge on any atom is 0.385 e. The summed E-state index contributed by atoms with van der Waals surface area (Å²) in [4.78, 5) is 4.18. The predicted octanol–water partition coefficient (Wildman–Crippen LogP) is 2.64. The lowest BCUT2D eigenvalue weighted by Gasteiger charge is -2.15. The molecule has 126 valence electrons. The molecular weight excluding hydrogens is 317 g/mol. The molecule has 3 N–H and O–H groups in total. The molecule has 7 nitrogen and oxygen atoms in total. The summed E-state index contributed by atoms with van der Waals surface area (Å²) in [6.07, 6.45) is 0.